The minimum atomic E-state index is 0.730. The standard InChI is InChI=1S/C12H21N/c1-10(2)11-4-6-12(7-5-11)8-13(3)9-12/h4-9H2,1-3H3. The minimum absolute atomic E-state index is 0.730. The van der Waals surface area contributed by atoms with E-state index in [1.807, 2.05) is 0 Å². The Labute approximate surface area is 81.8 Å². The van der Waals surface area contributed by atoms with E-state index in [-0.39, 0.29) is 0 Å². The molecule has 0 unspecified atom stereocenters. The molecule has 13 heavy (non-hydrogen) atoms. The van der Waals surface area contributed by atoms with Crippen molar-refractivity contribution in [3.8, 4) is 0 Å². The van der Waals surface area contributed by atoms with Gasteiger partial charge in [-0.05, 0) is 52.0 Å². The highest BCUT2D eigenvalue weighted by atomic mass is 15.2. The van der Waals surface area contributed by atoms with Gasteiger partial charge in [-0.15, -0.1) is 0 Å². The molecule has 1 heteroatoms. The third kappa shape index (κ3) is 1.67. The fraction of sp³-hybridized carbons (Fsp3) is 0.833. The van der Waals surface area contributed by atoms with Crippen molar-refractivity contribution >= 4 is 0 Å². The predicted octanol–water partition coefficient (Wildman–Crippen LogP) is 2.83. The Hall–Kier alpha value is -0.300. The Morgan fingerprint density at radius 2 is 1.69 bits per heavy atom. The number of hydrogen-bond donors (Lipinski definition) is 0. The van der Waals surface area contributed by atoms with Crippen LogP contribution in [0.3, 0.4) is 0 Å². The lowest BCUT2D eigenvalue weighted by Crippen LogP contribution is -2.55. The molecule has 0 aromatic rings. The molecule has 1 saturated heterocycles. The summed E-state index contributed by atoms with van der Waals surface area (Å²) >= 11 is 0. The normalized spacial score (nSPS) is 27.5. The third-order valence-corrected chi connectivity index (χ3v) is 3.83. The highest BCUT2D eigenvalue weighted by Crippen LogP contribution is 2.45. The molecule has 0 bridgehead atoms. The SMILES string of the molecule is CC(C)=C1CCC2(CC1)CN(C)C2. The van der Waals surface area contributed by atoms with Crippen molar-refractivity contribution in [1.82, 2.24) is 4.90 Å². The summed E-state index contributed by atoms with van der Waals surface area (Å²) in [6.07, 6.45) is 5.63. The smallest absolute Gasteiger partial charge is 0.00476 e. The summed E-state index contributed by atoms with van der Waals surface area (Å²) < 4.78 is 0. The zero-order valence-electron chi connectivity index (χ0n) is 9.19. The number of nitrogens with zero attached hydrogens (tertiary/aromatic N) is 1. The van der Waals surface area contributed by atoms with Crippen LogP contribution in [0.2, 0.25) is 0 Å². The highest BCUT2D eigenvalue weighted by molar-refractivity contribution is 5.15. The molecule has 1 nitrogen and oxygen atoms in total. The second-order valence-electron chi connectivity index (χ2n) is 5.28. The van der Waals surface area contributed by atoms with Gasteiger partial charge in [0.25, 0.3) is 0 Å². The Balaban J connectivity index is 1.94. The van der Waals surface area contributed by atoms with E-state index in [9.17, 15) is 0 Å². The summed E-state index contributed by atoms with van der Waals surface area (Å²) in [6.45, 7) is 7.23. The molecule has 1 aliphatic heterocycles. The van der Waals surface area contributed by atoms with Crippen LogP contribution in [-0.4, -0.2) is 25.0 Å². The molecule has 0 amide bonds. The van der Waals surface area contributed by atoms with Crippen LogP contribution >= 0.6 is 0 Å². The summed E-state index contributed by atoms with van der Waals surface area (Å²) in [4.78, 5) is 2.45. The lowest BCUT2D eigenvalue weighted by molar-refractivity contribution is -0.00103. The van der Waals surface area contributed by atoms with E-state index >= 15 is 0 Å². The van der Waals surface area contributed by atoms with E-state index in [0.29, 0.717) is 0 Å². The zero-order chi connectivity index (χ0) is 9.47. The highest BCUT2D eigenvalue weighted by Gasteiger charge is 2.42. The topological polar surface area (TPSA) is 3.24 Å². The Morgan fingerprint density at radius 1 is 1.15 bits per heavy atom. The number of allylic oxidation sites excluding steroid dienone is 2. The Kier molecular flexibility index (Phi) is 2.23. The van der Waals surface area contributed by atoms with Crippen LogP contribution in [0.25, 0.3) is 0 Å². The monoisotopic (exact) mass is 179 g/mol. The molecular formula is C12H21N. The molecule has 0 atom stereocenters. The second kappa shape index (κ2) is 3.13. The van der Waals surface area contributed by atoms with Crippen LogP contribution in [0, 0.1) is 5.41 Å². The van der Waals surface area contributed by atoms with Gasteiger partial charge in [0, 0.05) is 13.1 Å². The van der Waals surface area contributed by atoms with Crippen molar-refractivity contribution in [2.45, 2.75) is 39.5 Å². The summed E-state index contributed by atoms with van der Waals surface area (Å²) in [5.41, 5.74) is 4.04. The lowest BCUT2D eigenvalue weighted by atomic mass is 9.67. The molecule has 0 N–H and O–H groups in total. The van der Waals surface area contributed by atoms with Crippen LogP contribution in [-0.2, 0) is 0 Å². The lowest BCUT2D eigenvalue weighted by Gasteiger charge is -2.51. The maximum atomic E-state index is 2.45. The van der Waals surface area contributed by atoms with E-state index in [0.717, 1.165) is 5.41 Å². The van der Waals surface area contributed by atoms with Gasteiger partial charge in [-0.1, -0.05) is 11.1 Å². The van der Waals surface area contributed by atoms with Crippen LogP contribution in [0.5, 0.6) is 0 Å². The molecule has 1 heterocycles. The quantitative estimate of drug-likeness (QED) is 0.517. The number of hydrogen-bond acceptors (Lipinski definition) is 1. The molecule has 0 aromatic carbocycles. The van der Waals surface area contributed by atoms with E-state index in [1.54, 1.807) is 11.1 Å². The molecule has 0 aromatic heterocycles. The fourth-order valence-corrected chi connectivity index (χ4v) is 3.00. The van der Waals surface area contributed by atoms with E-state index < -0.39 is 0 Å². The van der Waals surface area contributed by atoms with E-state index in [4.69, 9.17) is 0 Å². The van der Waals surface area contributed by atoms with Gasteiger partial charge in [-0.25, -0.2) is 0 Å². The largest absolute Gasteiger partial charge is 0.305 e. The molecule has 1 spiro atoms. The Bertz CT molecular complexity index is 218. The van der Waals surface area contributed by atoms with Crippen molar-refractivity contribution < 1.29 is 0 Å². The van der Waals surface area contributed by atoms with Gasteiger partial charge in [0.15, 0.2) is 0 Å². The molecule has 2 aliphatic rings. The predicted molar refractivity (Wildman–Crippen MR) is 56.8 cm³/mol. The van der Waals surface area contributed by atoms with Gasteiger partial charge in [-0.2, -0.15) is 0 Å². The third-order valence-electron chi connectivity index (χ3n) is 3.83. The molecule has 2 fully saturated rings. The average Bonchev–Trinajstić information content (AvgIpc) is 2.03. The van der Waals surface area contributed by atoms with Crippen molar-refractivity contribution in [1.29, 1.82) is 0 Å². The maximum Gasteiger partial charge on any atom is 0.00476 e. The molecule has 0 radical (unpaired) electrons. The van der Waals surface area contributed by atoms with Crippen molar-refractivity contribution in [3.05, 3.63) is 11.1 Å². The van der Waals surface area contributed by atoms with Gasteiger partial charge < -0.3 is 4.90 Å². The van der Waals surface area contributed by atoms with Crippen LogP contribution in [0.1, 0.15) is 39.5 Å². The van der Waals surface area contributed by atoms with Crippen molar-refractivity contribution in [3.63, 3.8) is 0 Å². The summed E-state index contributed by atoms with van der Waals surface area (Å²) in [5.74, 6) is 0. The summed E-state index contributed by atoms with van der Waals surface area (Å²) in [6, 6.07) is 0. The number of rotatable bonds is 0. The first-order chi connectivity index (χ1) is 6.11. The van der Waals surface area contributed by atoms with E-state index in [2.05, 4.69) is 25.8 Å². The molecule has 74 valence electrons. The second-order valence-corrected chi connectivity index (χ2v) is 5.28. The summed E-state index contributed by atoms with van der Waals surface area (Å²) in [5, 5.41) is 0. The van der Waals surface area contributed by atoms with Crippen molar-refractivity contribution in [2.75, 3.05) is 20.1 Å². The first-order valence-electron chi connectivity index (χ1n) is 5.45. The van der Waals surface area contributed by atoms with Gasteiger partial charge in [0.1, 0.15) is 0 Å². The van der Waals surface area contributed by atoms with Crippen LogP contribution in [0.15, 0.2) is 11.1 Å². The van der Waals surface area contributed by atoms with Gasteiger partial charge in [-0.3, -0.25) is 0 Å². The average molecular weight is 179 g/mol. The molecule has 2 rings (SSSR count). The van der Waals surface area contributed by atoms with Crippen LogP contribution < -0.4 is 0 Å². The van der Waals surface area contributed by atoms with Gasteiger partial charge in [0.05, 0.1) is 0 Å². The zero-order valence-corrected chi connectivity index (χ0v) is 9.19. The fourth-order valence-electron chi connectivity index (χ4n) is 3.00. The van der Waals surface area contributed by atoms with Crippen LogP contribution in [0.4, 0.5) is 0 Å². The Morgan fingerprint density at radius 3 is 2.08 bits per heavy atom. The first kappa shape index (κ1) is 9.26. The maximum absolute atomic E-state index is 2.45. The van der Waals surface area contributed by atoms with Crippen molar-refractivity contribution in [2.24, 2.45) is 5.41 Å². The molecule has 1 aliphatic carbocycles. The molecular weight excluding hydrogens is 158 g/mol. The van der Waals surface area contributed by atoms with E-state index in [1.165, 1.54) is 38.8 Å². The minimum Gasteiger partial charge on any atom is -0.305 e. The summed E-state index contributed by atoms with van der Waals surface area (Å²) in [7, 11) is 2.24. The van der Waals surface area contributed by atoms with Gasteiger partial charge in [0.2, 0.25) is 0 Å². The van der Waals surface area contributed by atoms with Gasteiger partial charge >= 0.3 is 0 Å². The number of likely N-dealkylation sites (tertiary alicyclic amines) is 1. The molecule has 1 saturated carbocycles. The first-order valence-corrected chi connectivity index (χ1v) is 5.45.